The minimum absolute atomic E-state index is 0.0810. The summed E-state index contributed by atoms with van der Waals surface area (Å²) in [5.74, 6) is -0.146. The van der Waals surface area contributed by atoms with Crippen LogP contribution in [0.15, 0.2) is 6.20 Å². The average molecular weight is 281 g/mol. The lowest BCUT2D eigenvalue weighted by atomic mass is 10.4. The number of likely N-dealkylation sites (N-methyl/N-ethyl adjacent to an activating group) is 1. The highest BCUT2D eigenvalue weighted by Crippen LogP contribution is 2.19. The van der Waals surface area contributed by atoms with Crippen LogP contribution in [0.5, 0.6) is 0 Å². The van der Waals surface area contributed by atoms with Crippen molar-refractivity contribution >= 4 is 17.7 Å². The van der Waals surface area contributed by atoms with E-state index in [0.29, 0.717) is 12.0 Å². The van der Waals surface area contributed by atoms with Gasteiger partial charge in [0.1, 0.15) is 0 Å². The summed E-state index contributed by atoms with van der Waals surface area (Å²) in [4.78, 5) is 21.2. The van der Waals surface area contributed by atoms with Crippen LogP contribution in [0.2, 0.25) is 0 Å². The first-order valence-electron chi connectivity index (χ1n) is 6.87. The van der Waals surface area contributed by atoms with Crippen LogP contribution in [0, 0.1) is 5.82 Å². The molecular weight excluding hydrogens is 261 g/mol. The Morgan fingerprint density at radius 2 is 2.30 bits per heavy atom. The number of amides is 1. The third kappa shape index (κ3) is 4.04. The lowest BCUT2D eigenvalue weighted by Gasteiger charge is -2.18. The van der Waals surface area contributed by atoms with Gasteiger partial charge in [-0.05, 0) is 19.3 Å². The van der Waals surface area contributed by atoms with Gasteiger partial charge in [-0.25, -0.2) is 9.37 Å². The molecule has 0 aliphatic heterocycles. The second-order valence-electron chi connectivity index (χ2n) is 4.99. The van der Waals surface area contributed by atoms with E-state index in [-0.39, 0.29) is 18.3 Å². The van der Waals surface area contributed by atoms with Crippen molar-refractivity contribution in [1.29, 1.82) is 0 Å². The van der Waals surface area contributed by atoms with E-state index in [4.69, 9.17) is 0 Å². The van der Waals surface area contributed by atoms with Crippen molar-refractivity contribution in [3.05, 3.63) is 12.0 Å². The molecule has 0 spiro atoms. The Labute approximate surface area is 117 Å². The maximum Gasteiger partial charge on any atom is 0.239 e. The molecule has 1 aliphatic carbocycles. The Bertz CT molecular complexity index is 478. The molecule has 0 aromatic carbocycles. The molecule has 0 bridgehead atoms. The Balaban J connectivity index is 1.99. The molecule has 0 saturated heterocycles. The van der Waals surface area contributed by atoms with E-state index in [1.165, 1.54) is 4.90 Å². The smallest absolute Gasteiger partial charge is 0.239 e. The zero-order chi connectivity index (χ0) is 14.5. The molecule has 0 atom stereocenters. The highest BCUT2D eigenvalue weighted by Gasteiger charge is 2.24. The van der Waals surface area contributed by atoms with Gasteiger partial charge >= 0.3 is 0 Å². The molecule has 1 aromatic rings. The summed E-state index contributed by atoms with van der Waals surface area (Å²) in [6.07, 6.45) is 4.11. The number of aromatic nitrogens is 2. The maximum absolute atomic E-state index is 13.7. The second kappa shape index (κ2) is 6.49. The highest BCUT2D eigenvalue weighted by molar-refractivity contribution is 5.81. The fourth-order valence-electron chi connectivity index (χ4n) is 1.74. The first-order chi connectivity index (χ1) is 9.60. The summed E-state index contributed by atoms with van der Waals surface area (Å²) >= 11 is 0. The topological polar surface area (TPSA) is 70.2 Å². The fourth-order valence-corrected chi connectivity index (χ4v) is 1.74. The van der Waals surface area contributed by atoms with Gasteiger partial charge in [0.2, 0.25) is 11.9 Å². The van der Waals surface area contributed by atoms with Crippen LogP contribution in [0.1, 0.15) is 26.2 Å². The van der Waals surface area contributed by atoms with E-state index in [0.717, 1.165) is 32.0 Å². The van der Waals surface area contributed by atoms with Crippen molar-refractivity contribution in [1.82, 2.24) is 15.3 Å². The van der Waals surface area contributed by atoms with E-state index < -0.39 is 5.82 Å². The minimum atomic E-state index is -0.534. The molecule has 2 N–H and O–H groups in total. The SMILES string of the molecule is CCCNc1ncc(F)c(N(C)CC(=O)NC2CC2)n1. The fraction of sp³-hybridized carbons (Fsp3) is 0.615. The lowest BCUT2D eigenvalue weighted by molar-refractivity contribution is -0.119. The largest absolute Gasteiger partial charge is 0.354 e. The third-order valence-corrected chi connectivity index (χ3v) is 2.94. The van der Waals surface area contributed by atoms with Crippen molar-refractivity contribution in [3.63, 3.8) is 0 Å². The van der Waals surface area contributed by atoms with E-state index >= 15 is 0 Å². The van der Waals surface area contributed by atoms with Crippen molar-refractivity contribution in [3.8, 4) is 0 Å². The van der Waals surface area contributed by atoms with Crippen molar-refractivity contribution in [2.75, 3.05) is 30.4 Å². The quantitative estimate of drug-likeness (QED) is 0.784. The molecule has 1 aromatic heterocycles. The first-order valence-corrected chi connectivity index (χ1v) is 6.87. The summed E-state index contributed by atoms with van der Waals surface area (Å²) in [6.45, 7) is 2.82. The molecule has 1 fully saturated rings. The van der Waals surface area contributed by atoms with Gasteiger partial charge in [0, 0.05) is 19.6 Å². The zero-order valence-corrected chi connectivity index (χ0v) is 11.8. The Hall–Kier alpha value is -1.92. The van der Waals surface area contributed by atoms with E-state index in [1.807, 2.05) is 6.92 Å². The van der Waals surface area contributed by atoms with Crippen LogP contribution in [-0.2, 0) is 4.79 Å². The van der Waals surface area contributed by atoms with Crippen molar-refractivity contribution < 1.29 is 9.18 Å². The molecule has 1 heterocycles. The number of anilines is 2. The molecule has 0 unspecified atom stereocenters. The van der Waals surface area contributed by atoms with Gasteiger partial charge < -0.3 is 15.5 Å². The maximum atomic E-state index is 13.7. The molecule has 2 rings (SSSR count). The standard InChI is InChI=1S/C13H20FN5O/c1-3-6-15-13-16-7-10(14)12(18-13)19(2)8-11(20)17-9-4-5-9/h7,9H,3-6,8H2,1-2H3,(H,17,20)(H,15,16,18). The number of carbonyl (C=O) groups is 1. The predicted molar refractivity (Wildman–Crippen MR) is 75.2 cm³/mol. The molecule has 1 aliphatic rings. The van der Waals surface area contributed by atoms with Gasteiger partial charge in [0.15, 0.2) is 11.6 Å². The molecule has 0 radical (unpaired) electrons. The normalized spacial score (nSPS) is 13.9. The zero-order valence-electron chi connectivity index (χ0n) is 11.8. The second-order valence-corrected chi connectivity index (χ2v) is 4.99. The van der Waals surface area contributed by atoms with Gasteiger partial charge in [-0.3, -0.25) is 4.79 Å². The summed E-state index contributed by atoms with van der Waals surface area (Å²) in [5, 5.41) is 5.86. The molecule has 20 heavy (non-hydrogen) atoms. The highest BCUT2D eigenvalue weighted by atomic mass is 19.1. The number of carbonyl (C=O) groups excluding carboxylic acids is 1. The van der Waals surface area contributed by atoms with Gasteiger partial charge in [-0.1, -0.05) is 6.92 Å². The number of hydrogen-bond donors (Lipinski definition) is 2. The van der Waals surface area contributed by atoms with Gasteiger partial charge in [0.05, 0.1) is 12.7 Å². The van der Waals surface area contributed by atoms with Crippen LogP contribution < -0.4 is 15.5 Å². The van der Waals surface area contributed by atoms with Crippen LogP contribution in [0.3, 0.4) is 0 Å². The number of nitrogens with one attached hydrogen (secondary N) is 2. The summed E-state index contributed by atoms with van der Waals surface area (Å²) < 4.78 is 13.7. The third-order valence-electron chi connectivity index (χ3n) is 2.94. The molecule has 110 valence electrons. The number of halogens is 1. The number of rotatable bonds is 7. The van der Waals surface area contributed by atoms with Crippen LogP contribution in [-0.4, -0.2) is 42.1 Å². The Morgan fingerprint density at radius 3 is 2.95 bits per heavy atom. The molecule has 6 nitrogen and oxygen atoms in total. The van der Waals surface area contributed by atoms with E-state index in [9.17, 15) is 9.18 Å². The monoisotopic (exact) mass is 281 g/mol. The molecule has 1 amide bonds. The van der Waals surface area contributed by atoms with Crippen LogP contribution >= 0.6 is 0 Å². The first kappa shape index (κ1) is 14.5. The summed E-state index contributed by atoms with van der Waals surface area (Å²) in [5.41, 5.74) is 0. The number of hydrogen-bond acceptors (Lipinski definition) is 5. The Morgan fingerprint density at radius 1 is 1.55 bits per heavy atom. The summed E-state index contributed by atoms with van der Waals surface area (Å²) in [6, 6.07) is 0.299. The molecule has 1 saturated carbocycles. The molecular formula is C13H20FN5O. The Kier molecular flexibility index (Phi) is 4.70. The average Bonchev–Trinajstić information content (AvgIpc) is 3.21. The van der Waals surface area contributed by atoms with Crippen molar-refractivity contribution in [2.24, 2.45) is 0 Å². The lowest BCUT2D eigenvalue weighted by Crippen LogP contribution is -2.37. The number of nitrogens with zero attached hydrogens (tertiary/aromatic N) is 3. The van der Waals surface area contributed by atoms with Gasteiger partial charge in [-0.2, -0.15) is 4.98 Å². The van der Waals surface area contributed by atoms with Gasteiger partial charge in [0.25, 0.3) is 0 Å². The minimum Gasteiger partial charge on any atom is -0.354 e. The summed E-state index contributed by atoms with van der Waals surface area (Å²) in [7, 11) is 1.64. The van der Waals surface area contributed by atoms with Crippen LogP contribution in [0.4, 0.5) is 16.2 Å². The van der Waals surface area contributed by atoms with Crippen LogP contribution in [0.25, 0.3) is 0 Å². The van der Waals surface area contributed by atoms with E-state index in [2.05, 4.69) is 20.6 Å². The predicted octanol–water partition coefficient (Wildman–Crippen LogP) is 1.15. The van der Waals surface area contributed by atoms with E-state index in [1.54, 1.807) is 7.05 Å². The van der Waals surface area contributed by atoms with Crippen molar-refractivity contribution in [2.45, 2.75) is 32.2 Å². The molecule has 7 heteroatoms. The van der Waals surface area contributed by atoms with Gasteiger partial charge in [-0.15, -0.1) is 0 Å².